The van der Waals surface area contributed by atoms with Gasteiger partial charge in [-0.15, -0.1) is 11.8 Å². The Kier molecular flexibility index (Phi) is 4.33. The second-order valence-corrected chi connectivity index (χ2v) is 5.59. The van der Waals surface area contributed by atoms with E-state index in [0.29, 0.717) is 0 Å². The summed E-state index contributed by atoms with van der Waals surface area (Å²) in [5.41, 5.74) is 1.28. The number of halogens is 2. The minimum atomic E-state index is 0.819. The number of hydrogen-bond donors (Lipinski definition) is 0. The summed E-state index contributed by atoms with van der Waals surface area (Å²) in [7, 11) is 0. The van der Waals surface area contributed by atoms with Crippen LogP contribution in [0.3, 0.4) is 0 Å². The van der Waals surface area contributed by atoms with Crippen LogP contribution in [0.2, 0.25) is 5.02 Å². The number of hydrogen-bond acceptors (Lipinski definition) is 1. The van der Waals surface area contributed by atoms with E-state index >= 15 is 0 Å². The van der Waals surface area contributed by atoms with Crippen molar-refractivity contribution in [3.63, 3.8) is 0 Å². The van der Waals surface area contributed by atoms with Crippen LogP contribution in [0, 0.1) is 0 Å². The van der Waals surface area contributed by atoms with Crippen LogP contribution in [0.1, 0.15) is 5.56 Å². The number of thioether (sulfide) groups is 1. The predicted octanol–water partition coefficient (Wildman–Crippen LogP) is 5.39. The van der Waals surface area contributed by atoms with Gasteiger partial charge < -0.3 is 0 Å². The summed E-state index contributed by atoms with van der Waals surface area (Å²) < 4.78 is 1.15. The van der Waals surface area contributed by atoms with E-state index in [0.717, 1.165) is 20.1 Å². The third kappa shape index (κ3) is 3.03. The van der Waals surface area contributed by atoms with Crippen LogP contribution in [0.5, 0.6) is 0 Å². The monoisotopic (exact) mass is 312 g/mol. The van der Waals surface area contributed by atoms with Crippen molar-refractivity contribution < 1.29 is 0 Å². The van der Waals surface area contributed by atoms with Crippen LogP contribution in [0.4, 0.5) is 0 Å². The van der Waals surface area contributed by atoms with Crippen molar-refractivity contribution in [3.8, 4) is 0 Å². The fourth-order valence-electron chi connectivity index (χ4n) is 1.33. The predicted molar refractivity (Wildman–Crippen MR) is 75.2 cm³/mol. The molecule has 0 aromatic heterocycles. The molecule has 0 saturated heterocycles. The van der Waals surface area contributed by atoms with Crippen molar-refractivity contribution in [2.75, 3.05) is 0 Å². The standard InChI is InChI=1S/C13H10BrClS/c14-11-6-2-1-5-10(11)9-16-13-8-4-3-7-12(13)15/h1-8H,9H2. The molecule has 0 radical (unpaired) electrons. The average molecular weight is 314 g/mol. The maximum atomic E-state index is 6.10. The summed E-state index contributed by atoms with van der Waals surface area (Å²) in [5, 5.41) is 0.819. The Labute approximate surface area is 113 Å². The van der Waals surface area contributed by atoms with Gasteiger partial charge in [-0.25, -0.2) is 0 Å². The highest BCUT2D eigenvalue weighted by molar-refractivity contribution is 9.10. The molecule has 0 aliphatic carbocycles. The molecule has 0 aliphatic heterocycles. The molecular formula is C13H10BrClS. The topological polar surface area (TPSA) is 0 Å². The lowest BCUT2D eigenvalue weighted by atomic mass is 10.2. The normalized spacial score (nSPS) is 10.4. The lowest BCUT2D eigenvalue weighted by Crippen LogP contribution is -1.82. The Morgan fingerprint density at radius 3 is 2.44 bits per heavy atom. The van der Waals surface area contributed by atoms with E-state index in [1.54, 1.807) is 11.8 Å². The van der Waals surface area contributed by atoms with Crippen molar-refractivity contribution >= 4 is 39.3 Å². The molecule has 2 aromatic carbocycles. The van der Waals surface area contributed by atoms with Crippen molar-refractivity contribution in [2.24, 2.45) is 0 Å². The summed E-state index contributed by atoms with van der Waals surface area (Å²) in [6.45, 7) is 0. The highest BCUT2D eigenvalue weighted by atomic mass is 79.9. The summed E-state index contributed by atoms with van der Waals surface area (Å²) >= 11 is 11.4. The molecule has 3 heteroatoms. The zero-order valence-corrected chi connectivity index (χ0v) is 11.6. The number of rotatable bonds is 3. The lowest BCUT2D eigenvalue weighted by Gasteiger charge is -2.05. The van der Waals surface area contributed by atoms with Crippen LogP contribution < -0.4 is 0 Å². The molecule has 16 heavy (non-hydrogen) atoms. The third-order valence-electron chi connectivity index (χ3n) is 2.18. The van der Waals surface area contributed by atoms with Crippen molar-refractivity contribution in [1.29, 1.82) is 0 Å². The summed E-state index contributed by atoms with van der Waals surface area (Å²) in [6, 6.07) is 16.2. The van der Waals surface area contributed by atoms with Crippen molar-refractivity contribution in [1.82, 2.24) is 0 Å². The Morgan fingerprint density at radius 1 is 1.00 bits per heavy atom. The van der Waals surface area contributed by atoms with Crippen molar-refractivity contribution in [3.05, 3.63) is 63.6 Å². The van der Waals surface area contributed by atoms with Gasteiger partial charge in [-0.3, -0.25) is 0 Å². The summed E-state index contributed by atoms with van der Waals surface area (Å²) in [4.78, 5) is 1.12. The molecule has 0 nitrogen and oxygen atoms in total. The van der Waals surface area contributed by atoms with Crippen LogP contribution in [-0.4, -0.2) is 0 Å². The first-order chi connectivity index (χ1) is 7.77. The number of benzene rings is 2. The molecule has 0 unspecified atom stereocenters. The van der Waals surface area contributed by atoms with E-state index in [4.69, 9.17) is 11.6 Å². The van der Waals surface area contributed by atoms with Gasteiger partial charge in [0.15, 0.2) is 0 Å². The first-order valence-corrected chi connectivity index (χ1v) is 7.04. The van der Waals surface area contributed by atoms with Gasteiger partial charge in [0.25, 0.3) is 0 Å². The molecule has 82 valence electrons. The Hall–Kier alpha value is -0.440. The van der Waals surface area contributed by atoms with Gasteiger partial charge in [0, 0.05) is 15.1 Å². The van der Waals surface area contributed by atoms with Gasteiger partial charge in [0.2, 0.25) is 0 Å². The molecular weight excluding hydrogens is 304 g/mol. The highest BCUT2D eigenvalue weighted by Crippen LogP contribution is 2.31. The lowest BCUT2D eigenvalue weighted by molar-refractivity contribution is 1.36. The minimum absolute atomic E-state index is 0.819. The summed E-state index contributed by atoms with van der Waals surface area (Å²) in [5.74, 6) is 0.922. The maximum absolute atomic E-state index is 6.10. The van der Waals surface area contributed by atoms with E-state index in [2.05, 4.69) is 28.1 Å². The van der Waals surface area contributed by atoms with Crippen LogP contribution in [-0.2, 0) is 5.75 Å². The summed E-state index contributed by atoms with van der Waals surface area (Å²) in [6.07, 6.45) is 0. The van der Waals surface area contributed by atoms with E-state index in [1.165, 1.54) is 5.56 Å². The SMILES string of the molecule is Clc1ccccc1SCc1ccccc1Br. The van der Waals surface area contributed by atoms with Gasteiger partial charge in [0.1, 0.15) is 0 Å². The molecule has 2 aromatic rings. The third-order valence-corrected chi connectivity index (χ3v) is 4.52. The average Bonchev–Trinajstić information content (AvgIpc) is 2.30. The maximum Gasteiger partial charge on any atom is 0.0541 e. The van der Waals surface area contributed by atoms with E-state index in [1.807, 2.05) is 36.4 Å². The van der Waals surface area contributed by atoms with Gasteiger partial charge >= 0.3 is 0 Å². The van der Waals surface area contributed by atoms with E-state index in [9.17, 15) is 0 Å². The van der Waals surface area contributed by atoms with E-state index < -0.39 is 0 Å². The second-order valence-electron chi connectivity index (χ2n) is 3.31. The molecule has 0 fully saturated rings. The van der Waals surface area contributed by atoms with Gasteiger partial charge in [0.05, 0.1) is 5.02 Å². The molecule has 0 bridgehead atoms. The van der Waals surface area contributed by atoms with Crippen LogP contribution >= 0.6 is 39.3 Å². The molecule has 0 spiro atoms. The second kappa shape index (κ2) is 5.76. The van der Waals surface area contributed by atoms with Gasteiger partial charge in [-0.05, 0) is 23.8 Å². The quantitative estimate of drug-likeness (QED) is 0.684. The van der Waals surface area contributed by atoms with Crippen molar-refractivity contribution in [2.45, 2.75) is 10.6 Å². The zero-order valence-electron chi connectivity index (χ0n) is 8.49. The Balaban J connectivity index is 2.09. The van der Waals surface area contributed by atoms with Gasteiger partial charge in [-0.1, -0.05) is 57.9 Å². The molecule has 0 amide bonds. The first kappa shape index (κ1) is 12.0. The van der Waals surface area contributed by atoms with E-state index in [-0.39, 0.29) is 0 Å². The molecule has 0 aliphatic rings. The molecule has 0 saturated carbocycles. The van der Waals surface area contributed by atoms with Crippen LogP contribution in [0.15, 0.2) is 57.9 Å². The first-order valence-electron chi connectivity index (χ1n) is 4.88. The Morgan fingerprint density at radius 2 is 1.69 bits per heavy atom. The smallest absolute Gasteiger partial charge is 0.0541 e. The fraction of sp³-hybridized carbons (Fsp3) is 0.0769. The van der Waals surface area contributed by atoms with Gasteiger partial charge in [-0.2, -0.15) is 0 Å². The molecule has 2 rings (SSSR count). The zero-order chi connectivity index (χ0) is 11.4. The molecule has 0 N–H and O–H groups in total. The largest absolute Gasteiger partial charge is 0.120 e. The van der Waals surface area contributed by atoms with Crippen LogP contribution in [0.25, 0.3) is 0 Å². The molecule has 0 heterocycles. The molecule has 0 atom stereocenters. The Bertz CT molecular complexity index is 439. The minimum Gasteiger partial charge on any atom is -0.120 e. The highest BCUT2D eigenvalue weighted by Gasteiger charge is 2.02. The fourth-order valence-corrected chi connectivity index (χ4v) is 3.19.